The lowest BCUT2D eigenvalue weighted by molar-refractivity contribution is 0.580. The van der Waals surface area contributed by atoms with E-state index in [1.807, 2.05) is 11.4 Å². The number of halogens is 1. The Balaban J connectivity index is 1.97. The Labute approximate surface area is 95.7 Å². The number of sulfonamides is 1. The van der Waals surface area contributed by atoms with E-state index in [4.69, 9.17) is 0 Å². The van der Waals surface area contributed by atoms with Gasteiger partial charge in [0.1, 0.15) is 0 Å². The van der Waals surface area contributed by atoms with Crippen molar-refractivity contribution in [1.82, 2.24) is 4.72 Å². The standard InChI is InChI=1S/C8H10BrNO2S2/c9-7-3-4-13-8(7)5-10-14(11,12)6-1-2-6/h3-4,6,10H,1-2,5H2. The van der Waals surface area contributed by atoms with Crippen LogP contribution in [0.1, 0.15) is 17.7 Å². The second-order valence-electron chi connectivity index (χ2n) is 3.26. The Kier molecular flexibility index (Phi) is 2.97. The molecule has 0 atom stereocenters. The van der Waals surface area contributed by atoms with Gasteiger partial charge in [-0.25, -0.2) is 13.1 Å². The van der Waals surface area contributed by atoms with Crippen LogP contribution in [0.5, 0.6) is 0 Å². The highest BCUT2D eigenvalue weighted by atomic mass is 79.9. The zero-order valence-corrected chi connectivity index (χ0v) is 10.6. The van der Waals surface area contributed by atoms with Gasteiger partial charge in [-0.3, -0.25) is 0 Å². The predicted molar refractivity (Wildman–Crippen MR) is 60.8 cm³/mol. The van der Waals surface area contributed by atoms with Gasteiger partial charge in [-0.1, -0.05) is 0 Å². The molecule has 0 spiro atoms. The smallest absolute Gasteiger partial charge is 0.212 e. The Morgan fingerprint density at radius 1 is 1.57 bits per heavy atom. The molecule has 2 rings (SSSR count). The van der Waals surface area contributed by atoms with Crippen molar-refractivity contribution in [3.8, 4) is 0 Å². The van der Waals surface area contributed by atoms with Crippen molar-refractivity contribution < 1.29 is 8.42 Å². The van der Waals surface area contributed by atoms with Crippen LogP contribution in [0.15, 0.2) is 15.9 Å². The van der Waals surface area contributed by atoms with Gasteiger partial charge in [-0.2, -0.15) is 0 Å². The van der Waals surface area contributed by atoms with E-state index in [-0.39, 0.29) is 5.25 Å². The predicted octanol–water partition coefficient (Wildman–Crippen LogP) is 2.09. The van der Waals surface area contributed by atoms with E-state index in [1.54, 1.807) is 11.3 Å². The zero-order chi connectivity index (χ0) is 10.2. The second-order valence-corrected chi connectivity index (χ2v) is 7.16. The van der Waals surface area contributed by atoms with Crippen LogP contribution in [0.25, 0.3) is 0 Å². The molecule has 1 fully saturated rings. The van der Waals surface area contributed by atoms with Crippen LogP contribution in [-0.2, 0) is 16.6 Å². The summed E-state index contributed by atoms with van der Waals surface area (Å²) >= 11 is 4.91. The third-order valence-corrected chi connectivity index (χ3v) is 5.91. The van der Waals surface area contributed by atoms with E-state index >= 15 is 0 Å². The molecule has 1 aromatic rings. The zero-order valence-electron chi connectivity index (χ0n) is 7.36. The molecule has 6 heteroatoms. The van der Waals surface area contributed by atoms with E-state index < -0.39 is 10.0 Å². The lowest BCUT2D eigenvalue weighted by Gasteiger charge is -2.03. The number of thiophene rings is 1. The molecule has 0 aliphatic heterocycles. The number of hydrogen-bond donors (Lipinski definition) is 1. The van der Waals surface area contributed by atoms with Crippen molar-refractivity contribution in [3.05, 3.63) is 20.8 Å². The maximum Gasteiger partial charge on any atom is 0.214 e. The fourth-order valence-electron chi connectivity index (χ4n) is 1.11. The van der Waals surface area contributed by atoms with Crippen molar-refractivity contribution in [2.75, 3.05) is 0 Å². The molecule has 1 aliphatic rings. The monoisotopic (exact) mass is 295 g/mol. The Morgan fingerprint density at radius 3 is 2.79 bits per heavy atom. The average Bonchev–Trinajstić information content (AvgIpc) is 2.89. The van der Waals surface area contributed by atoms with Gasteiger partial charge in [0.05, 0.1) is 5.25 Å². The van der Waals surface area contributed by atoms with Crippen molar-refractivity contribution in [2.45, 2.75) is 24.6 Å². The molecule has 0 radical (unpaired) electrons. The third-order valence-electron chi connectivity index (χ3n) is 2.09. The minimum absolute atomic E-state index is 0.138. The van der Waals surface area contributed by atoms with Crippen molar-refractivity contribution in [2.24, 2.45) is 0 Å². The molecule has 14 heavy (non-hydrogen) atoms. The van der Waals surface area contributed by atoms with Crippen LogP contribution >= 0.6 is 27.3 Å². The summed E-state index contributed by atoms with van der Waals surface area (Å²) in [4.78, 5) is 1.02. The lowest BCUT2D eigenvalue weighted by Crippen LogP contribution is -2.26. The van der Waals surface area contributed by atoms with Gasteiger partial charge in [-0.15, -0.1) is 11.3 Å². The van der Waals surface area contributed by atoms with Gasteiger partial charge in [0.25, 0.3) is 0 Å². The Hall–Kier alpha value is 0.0900. The molecule has 78 valence electrons. The molecule has 0 aromatic carbocycles. The minimum Gasteiger partial charge on any atom is -0.212 e. The van der Waals surface area contributed by atoms with Gasteiger partial charge in [-0.05, 0) is 40.2 Å². The quantitative estimate of drug-likeness (QED) is 0.925. The number of nitrogens with one attached hydrogen (secondary N) is 1. The largest absolute Gasteiger partial charge is 0.214 e. The molecule has 0 saturated heterocycles. The molecule has 1 aliphatic carbocycles. The van der Waals surface area contributed by atoms with E-state index in [0.29, 0.717) is 6.54 Å². The average molecular weight is 296 g/mol. The second kappa shape index (κ2) is 3.92. The molecule has 0 unspecified atom stereocenters. The maximum atomic E-state index is 11.5. The summed E-state index contributed by atoms with van der Waals surface area (Å²) < 4.78 is 26.5. The summed E-state index contributed by atoms with van der Waals surface area (Å²) in [5.74, 6) is 0. The molecular formula is C8H10BrNO2S2. The van der Waals surface area contributed by atoms with Gasteiger partial charge < -0.3 is 0 Å². The lowest BCUT2D eigenvalue weighted by atomic mass is 10.5. The van der Waals surface area contributed by atoms with Crippen molar-refractivity contribution in [1.29, 1.82) is 0 Å². The topological polar surface area (TPSA) is 46.2 Å². The van der Waals surface area contributed by atoms with Gasteiger partial charge in [0.2, 0.25) is 10.0 Å². The molecule has 1 heterocycles. The van der Waals surface area contributed by atoms with E-state index in [2.05, 4.69) is 20.7 Å². The molecule has 1 aromatic heterocycles. The summed E-state index contributed by atoms with van der Waals surface area (Å²) in [6, 6.07) is 1.92. The van der Waals surface area contributed by atoms with Crippen LogP contribution in [0.3, 0.4) is 0 Å². The van der Waals surface area contributed by atoms with Gasteiger partial charge in [0, 0.05) is 15.9 Å². The molecular weight excluding hydrogens is 286 g/mol. The highest BCUT2D eigenvalue weighted by molar-refractivity contribution is 9.10. The summed E-state index contributed by atoms with van der Waals surface area (Å²) in [7, 11) is -3.04. The van der Waals surface area contributed by atoms with Crippen molar-refractivity contribution >= 4 is 37.3 Å². The molecule has 1 saturated carbocycles. The van der Waals surface area contributed by atoms with Crippen LogP contribution in [-0.4, -0.2) is 13.7 Å². The Morgan fingerprint density at radius 2 is 2.29 bits per heavy atom. The van der Waals surface area contributed by atoms with Gasteiger partial charge in [0.15, 0.2) is 0 Å². The van der Waals surface area contributed by atoms with Crippen LogP contribution in [0, 0.1) is 0 Å². The first-order valence-corrected chi connectivity index (χ1v) is 7.52. The summed E-state index contributed by atoms with van der Waals surface area (Å²) in [5.41, 5.74) is 0. The van der Waals surface area contributed by atoms with E-state index in [1.165, 1.54) is 0 Å². The Bertz CT molecular complexity index is 422. The minimum atomic E-state index is -3.04. The van der Waals surface area contributed by atoms with Crippen LogP contribution in [0.2, 0.25) is 0 Å². The highest BCUT2D eigenvalue weighted by Crippen LogP contribution is 2.28. The first-order valence-electron chi connectivity index (χ1n) is 4.30. The van der Waals surface area contributed by atoms with Gasteiger partial charge >= 0.3 is 0 Å². The van der Waals surface area contributed by atoms with Crippen LogP contribution < -0.4 is 4.72 Å². The normalized spacial score (nSPS) is 17.2. The summed E-state index contributed by atoms with van der Waals surface area (Å²) in [6.45, 7) is 0.400. The SMILES string of the molecule is O=S(=O)(NCc1sccc1Br)C1CC1. The molecule has 0 bridgehead atoms. The van der Waals surface area contributed by atoms with E-state index in [0.717, 1.165) is 22.2 Å². The molecule has 3 nitrogen and oxygen atoms in total. The van der Waals surface area contributed by atoms with E-state index in [9.17, 15) is 8.42 Å². The summed E-state index contributed by atoms with van der Waals surface area (Å²) in [5, 5.41) is 1.80. The summed E-state index contributed by atoms with van der Waals surface area (Å²) in [6.07, 6.45) is 1.61. The fraction of sp³-hybridized carbons (Fsp3) is 0.500. The first-order chi connectivity index (χ1) is 6.59. The number of rotatable bonds is 4. The molecule has 1 N–H and O–H groups in total. The third kappa shape index (κ3) is 2.36. The highest BCUT2D eigenvalue weighted by Gasteiger charge is 2.35. The van der Waals surface area contributed by atoms with Crippen molar-refractivity contribution in [3.63, 3.8) is 0 Å². The maximum absolute atomic E-state index is 11.5. The fourth-order valence-corrected chi connectivity index (χ4v) is 3.98. The number of hydrogen-bond acceptors (Lipinski definition) is 3. The molecule has 0 amide bonds. The first kappa shape index (κ1) is 10.6. The van der Waals surface area contributed by atoms with Crippen LogP contribution in [0.4, 0.5) is 0 Å².